The fraction of sp³-hybridized carbons (Fsp3) is 0.704. The molecule has 1 aliphatic heterocycles. The lowest BCUT2D eigenvalue weighted by Gasteiger charge is -2.39. The topological polar surface area (TPSA) is 123 Å². The molecule has 10 nitrogen and oxygen atoms in total. The van der Waals surface area contributed by atoms with E-state index in [-0.39, 0.29) is 29.8 Å². The van der Waals surface area contributed by atoms with Gasteiger partial charge in [-0.1, -0.05) is 19.9 Å². The Kier molecular flexibility index (Phi) is 9.75. The van der Waals surface area contributed by atoms with Gasteiger partial charge in [0.2, 0.25) is 0 Å². The Balaban J connectivity index is 1.54. The van der Waals surface area contributed by atoms with Crippen LogP contribution in [0.15, 0.2) is 18.2 Å². The molecule has 1 saturated carbocycles. The Morgan fingerprint density at radius 1 is 1.19 bits per heavy atom. The molecule has 0 bridgehead atoms. The maximum absolute atomic E-state index is 12.8. The van der Waals surface area contributed by atoms with Gasteiger partial charge in [-0.3, -0.25) is 14.9 Å². The number of carbonyl (C=O) groups is 2. The Hall–Kier alpha value is -2.88. The highest BCUT2D eigenvalue weighted by atomic mass is 16.6. The third-order valence-corrected chi connectivity index (χ3v) is 6.58. The molecule has 1 aromatic rings. The van der Waals surface area contributed by atoms with Gasteiger partial charge in [0, 0.05) is 38.2 Å². The average molecular weight is 519 g/mol. The minimum atomic E-state index is -0.539. The maximum atomic E-state index is 12.8. The number of rotatable bonds is 11. The third-order valence-electron chi connectivity index (χ3n) is 6.58. The molecular weight excluding hydrogens is 476 g/mol. The number of nitrogens with zero attached hydrogens (tertiary/aromatic N) is 2. The number of nitro groups is 1. The number of carbonyl (C=O) groups excluding carboxylic acids is 2. The minimum absolute atomic E-state index is 0.00212. The Labute approximate surface area is 219 Å². The van der Waals surface area contributed by atoms with E-state index in [4.69, 9.17) is 9.47 Å². The van der Waals surface area contributed by atoms with Gasteiger partial charge in [-0.15, -0.1) is 0 Å². The second-order valence-electron chi connectivity index (χ2n) is 11.6. The number of nitrogens with one attached hydrogen (secondary N) is 2. The van der Waals surface area contributed by atoms with E-state index in [1.54, 1.807) is 11.0 Å². The van der Waals surface area contributed by atoms with Gasteiger partial charge in [0.25, 0.3) is 5.69 Å². The highest BCUT2D eigenvalue weighted by molar-refractivity contribution is 5.76. The molecule has 1 atom stereocenters. The zero-order chi connectivity index (χ0) is 27.2. The largest absolute Gasteiger partial charge is 0.461 e. The number of anilines is 1. The van der Waals surface area contributed by atoms with Gasteiger partial charge in [-0.2, -0.15) is 0 Å². The van der Waals surface area contributed by atoms with Gasteiger partial charge in [0.05, 0.1) is 4.92 Å². The van der Waals surface area contributed by atoms with Gasteiger partial charge < -0.3 is 25.0 Å². The smallest absolute Gasteiger partial charge is 0.410 e. The number of ether oxygens (including phenoxy) is 2. The molecule has 1 amide bonds. The van der Waals surface area contributed by atoms with Gasteiger partial charge in [-0.05, 0) is 70.4 Å². The summed E-state index contributed by atoms with van der Waals surface area (Å²) >= 11 is 0. The van der Waals surface area contributed by atoms with E-state index in [0.717, 1.165) is 31.2 Å². The molecule has 1 aliphatic carbocycles. The van der Waals surface area contributed by atoms with Crippen LogP contribution in [0.3, 0.4) is 0 Å². The summed E-state index contributed by atoms with van der Waals surface area (Å²) in [5.74, 6) is 0.248. The molecule has 0 radical (unpaired) electrons. The molecular formula is C27H42N4O6. The van der Waals surface area contributed by atoms with Crippen molar-refractivity contribution < 1.29 is 24.0 Å². The summed E-state index contributed by atoms with van der Waals surface area (Å²) in [6.07, 6.45) is 4.31. The first kappa shape index (κ1) is 28.7. The highest BCUT2D eigenvalue weighted by Gasteiger charge is 2.34. The predicted octanol–water partition coefficient (Wildman–Crippen LogP) is 4.86. The fourth-order valence-electron chi connectivity index (χ4n) is 4.64. The van der Waals surface area contributed by atoms with Crippen LogP contribution in [0, 0.1) is 22.0 Å². The molecule has 1 aromatic carbocycles. The molecule has 0 aromatic heterocycles. The third kappa shape index (κ3) is 8.87. The van der Waals surface area contributed by atoms with Gasteiger partial charge in [0.1, 0.15) is 23.4 Å². The number of hydrogen-bond acceptors (Lipinski definition) is 8. The normalized spacial score (nSPS) is 17.4. The summed E-state index contributed by atoms with van der Waals surface area (Å²) in [6, 6.07) is 4.61. The standard InChI is InChI=1S/C27H42N4O6/c1-18(2)12-23(25(32)36-21-8-6-7-9-21)29-14-19-10-11-22(24(13-19)31(34)35)28-15-20-16-30(17-20)26(33)37-27(3,4)5/h10-11,13,18,20-21,23,28-29H,6-9,12,14-17H2,1-5H3/t23-/m0/s1. The number of hydrogen-bond donors (Lipinski definition) is 2. The second kappa shape index (κ2) is 12.6. The quantitative estimate of drug-likeness (QED) is 0.242. The van der Waals surface area contributed by atoms with E-state index < -0.39 is 16.6 Å². The van der Waals surface area contributed by atoms with Gasteiger partial charge in [0.15, 0.2) is 0 Å². The predicted molar refractivity (Wildman–Crippen MR) is 141 cm³/mol. The van der Waals surface area contributed by atoms with Crippen LogP contribution in [-0.4, -0.2) is 59.3 Å². The summed E-state index contributed by atoms with van der Waals surface area (Å²) in [6.45, 7) is 11.5. The first-order chi connectivity index (χ1) is 17.4. The summed E-state index contributed by atoms with van der Waals surface area (Å²) in [4.78, 5) is 37.9. The molecule has 10 heteroatoms. The number of likely N-dealkylation sites (tertiary alicyclic amines) is 1. The molecule has 2 aliphatic rings. The number of benzene rings is 1. The molecule has 1 saturated heterocycles. The number of esters is 1. The number of amides is 1. The zero-order valence-electron chi connectivity index (χ0n) is 22.7. The molecule has 1 heterocycles. The van der Waals surface area contributed by atoms with E-state index in [9.17, 15) is 19.7 Å². The molecule has 206 valence electrons. The molecule has 0 spiro atoms. The minimum Gasteiger partial charge on any atom is -0.461 e. The van der Waals surface area contributed by atoms with Crippen molar-refractivity contribution in [3.8, 4) is 0 Å². The fourth-order valence-corrected chi connectivity index (χ4v) is 4.64. The van der Waals surface area contributed by atoms with Crippen LogP contribution in [0.4, 0.5) is 16.2 Å². The zero-order valence-corrected chi connectivity index (χ0v) is 22.7. The molecule has 0 unspecified atom stereocenters. The molecule has 37 heavy (non-hydrogen) atoms. The van der Waals surface area contributed by atoms with E-state index in [1.807, 2.05) is 26.8 Å². The van der Waals surface area contributed by atoms with Crippen molar-refractivity contribution >= 4 is 23.4 Å². The average Bonchev–Trinajstić information content (AvgIpc) is 3.27. The van der Waals surface area contributed by atoms with Crippen molar-refractivity contribution in [2.75, 3.05) is 25.0 Å². The summed E-state index contributed by atoms with van der Waals surface area (Å²) < 4.78 is 11.1. The lowest BCUT2D eigenvalue weighted by molar-refractivity contribution is -0.384. The van der Waals surface area contributed by atoms with Crippen molar-refractivity contribution in [3.63, 3.8) is 0 Å². The molecule has 2 N–H and O–H groups in total. The molecule has 3 rings (SSSR count). The first-order valence-corrected chi connectivity index (χ1v) is 13.3. The lowest BCUT2D eigenvalue weighted by Crippen LogP contribution is -2.53. The summed E-state index contributed by atoms with van der Waals surface area (Å²) in [5, 5.41) is 18.2. The van der Waals surface area contributed by atoms with Gasteiger partial charge in [-0.25, -0.2) is 4.79 Å². The van der Waals surface area contributed by atoms with E-state index in [0.29, 0.717) is 44.2 Å². The van der Waals surface area contributed by atoms with Crippen molar-refractivity contribution in [3.05, 3.63) is 33.9 Å². The summed E-state index contributed by atoms with van der Waals surface area (Å²) in [5.41, 5.74) is 0.600. The van der Waals surface area contributed by atoms with E-state index >= 15 is 0 Å². The first-order valence-electron chi connectivity index (χ1n) is 13.3. The van der Waals surface area contributed by atoms with Gasteiger partial charge >= 0.3 is 12.1 Å². The monoisotopic (exact) mass is 518 g/mol. The van der Waals surface area contributed by atoms with Crippen LogP contribution in [0.5, 0.6) is 0 Å². The Bertz CT molecular complexity index is 949. The maximum Gasteiger partial charge on any atom is 0.410 e. The second-order valence-corrected chi connectivity index (χ2v) is 11.6. The van der Waals surface area contributed by atoms with Crippen molar-refractivity contribution in [2.45, 2.75) is 91.0 Å². The highest BCUT2D eigenvalue weighted by Crippen LogP contribution is 2.28. The molecule has 2 fully saturated rings. The van der Waals surface area contributed by atoms with Crippen molar-refractivity contribution in [1.82, 2.24) is 10.2 Å². The van der Waals surface area contributed by atoms with E-state index in [2.05, 4.69) is 24.5 Å². The van der Waals surface area contributed by atoms with Crippen molar-refractivity contribution in [1.29, 1.82) is 0 Å². The van der Waals surface area contributed by atoms with Crippen molar-refractivity contribution in [2.24, 2.45) is 11.8 Å². The van der Waals surface area contributed by atoms with Crippen LogP contribution in [0.1, 0.15) is 72.3 Å². The van der Waals surface area contributed by atoms with Crippen LogP contribution < -0.4 is 10.6 Å². The van der Waals surface area contributed by atoms with E-state index in [1.165, 1.54) is 6.07 Å². The Morgan fingerprint density at radius 3 is 2.46 bits per heavy atom. The summed E-state index contributed by atoms with van der Waals surface area (Å²) in [7, 11) is 0. The lowest BCUT2D eigenvalue weighted by atomic mass is 10.0. The SMILES string of the molecule is CC(C)C[C@H](NCc1ccc(NCC2CN(C(=O)OC(C)(C)C)C2)c([N+](=O)[O-])c1)C(=O)OC1CCCC1. The van der Waals surface area contributed by atoms with Crippen LogP contribution in [0.2, 0.25) is 0 Å². The van der Waals surface area contributed by atoms with Crippen LogP contribution >= 0.6 is 0 Å². The van der Waals surface area contributed by atoms with Crippen LogP contribution in [0.25, 0.3) is 0 Å². The van der Waals surface area contributed by atoms with Crippen LogP contribution in [-0.2, 0) is 20.8 Å². The Morgan fingerprint density at radius 2 is 1.86 bits per heavy atom. The number of nitro benzene ring substituents is 1.